The highest BCUT2D eigenvalue weighted by atomic mass is 16.1. The van der Waals surface area contributed by atoms with Crippen LogP contribution in [0.2, 0.25) is 0 Å². The van der Waals surface area contributed by atoms with Gasteiger partial charge in [-0.3, -0.25) is 4.79 Å². The average Bonchev–Trinajstić information content (AvgIpc) is 2.88. The van der Waals surface area contributed by atoms with Crippen LogP contribution in [0.5, 0.6) is 0 Å². The predicted molar refractivity (Wildman–Crippen MR) is 100 cm³/mol. The molecule has 1 aliphatic carbocycles. The summed E-state index contributed by atoms with van der Waals surface area (Å²) >= 11 is 0. The Morgan fingerprint density at radius 1 is 1.04 bits per heavy atom. The first kappa shape index (κ1) is 17.4. The summed E-state index contributed by atoms with van der Waals surface area (Å²) in [6.45, 7) is 4.13. The lowest BCUT2D eigenvalue weighted by Crippen LogP contribution is -2.34. The molecule has 2 aromatic rings. The fourth-order valence-electron chi connectivity index (χ4n) is 3.21. The minimum atomic E-state index is -0.0785. The molecule has 5 nitrogen and oxygen atoms in total. The molecule has 1 aromatic heterocycles. The van der Waals surface area contributed by atoms with E-state index in [1.54, 1.807) is 12.4 Å². The van der Waals surface area contributed by atoms with Crippen LogP contribution in [0.25, 0.3) is 0 Å². The molecule has 1 aromatic carbocycles. The van der Waals surface area contributed by atoms with Crippen molar-refractivity contribution < 1.29 is 4.79 Å². The molecular formula is C20H26N4O. The number of aromatic nitrogens is 2. The van der Waals surface area contributed by atoms with Crippen molar-refractivity contribution >= 4 is 17.5 Å². The first-order valence-corrected chi connectivity index (χ1v) is 9.09. The standard InChI is InChI=1S/C20H26N4O/c1-14-8-7-11-18(15(14)2)24-20-21-12-16(13-22-20)19(25)23-17-9-5-3-4-6-10-17/h7-8,11-13,17H,3-6,9-10H2,1-2H3,(H,23,25)(H,21,22,24). The highest BCUT2D eigenvalue weighted by molar-refractivity contribution is 5.93. The number of hydrogen-bond acceptors (Lipinski definition) is 4. The van der Waals surface area contributed by atoms with Crippen LogP contribution >= 0.6 is 0 Å². The van der Waals surface area contributed by atoms with Gasteiger partial charge in [0.1, 0.15) is 0 Å². The number of nitrogens with zero attached hydrogens (tertiary/aromatic N) is 2. The molecule has 132 valence electrons. The summed E-state index contributed by atoms with van der Waals surface area (Å²) in [6.07, 6.45) is 10.2. The van der Waals surface area contributed by atoms with E-state index in [0.29, 0.717) is 11.5 Å². The lowest BCUT2D eigenvalue weighted by Gasteiger charge is -2.16. The van der Waals surface area contributed by atoms with Gasteiger partial charge in [0.05, 0.1) is 5.56 Å². The van der Waals surface area contributed by atoms with E-state index < -0.39 is 0 Å². The number of anilines is 2. The SMILES string of the molecule is Cc1cccc(Nc2ncc(C(=O)NC3CCCCCC3)cn2)c1C. The number of hydrogen-bond donors (Lipinski definition) is 2. The Morgan fingerprint density at radius 3 is 2.40 bits per heavy atom. The van der Waals surface area contributed by atoms with Gasteiger partial charge < -0.3 is 10.6 Å². The maximum absolute atomic E-state index is 12.4. The molecule has 0 bridgehead atoms. The molecule has 3 rings (SSSR count). The van der Waals surface area contributed by atoms with Gasteiger partial charge in [-0.25, -0.2) is 9.97 Å². The minimum absolute atomic E-state index is 0.0785. The van der Waals surface area contributed by atoms with Crippen molar-refractivity contribution in [3.05, 3.63) is 47.3 Å². The van der Waals surface area contributed by atoms with Gasteiger partial charge in [-0.1, -0.05) is 37.8 Å². The van der Waals surface area contributed by atoms with Crippen LogP contribution in [-0.2, 0) is 0 Å². The Morgan fingerprint density at radius 2 is 1.72 bits per heavy atom. The van der Waals surface area contributed by atoms with Crippen LogP contribution in [0, 0.1) is 13.8 Å². The Labute approximate surface area is 149 Å². The van der Waals surface area contributed by atoms with Gasteiger partial charge in [-0.15, -0.1) is 0 Å². The molecule has 0 radical (unpaired) electrons. The molecule has 1 heterocycles. The van der Waals surface area contributed by atoms with Crippen LogP contribution in [-0.4, -0.2) is 21.9 Å². The maximum Gasteiger partial charge on any atom is 0.254 e. The van der Waals surface area contributed by atoms with E-state index in [2.05, 4.69) is 40.5 Å². The van der Waals surface area contributed by atoms with Crippen LogP contribution in [0.3, 0.4) is 0 Å². The molecule has 0 atom stereocenters. The molecule has 0 unspecified atom stereocenters. The quantitative estimate of drug-likeness (QED) is 0.816. The molecule has 0 saturated heterocycles. The van der Waals surface area contributed by atoms with Gasteiger partial charge in [-0.05, 0) is 43.9 Å². The van der Waals surface area contributed by atoms with Crippen molar-refractivity contribution in [2.75, 3.05) is 5.32 Å². The number of carbonyl (C=O) groups is 1. The third-order valence-electron chi connectivity index (χ3n) is 4.96. The Kier molecular flexibility index (Phi) is 5.64. The summed E-state index contributed by atoms with van der Waals surface area (Å²) in [4.78, 5) is 21.0. The highest BCUT2D eigenvalue weighted by Gasteiger charge is 2.16. The average molecular weight is 338 g/mol. The fraction of sp³-hybridized carbons (Fsp3) is 0.450. The Balaban J connectivity index is 1.63. The summed E-state index contributed by atoms with van der Waals surface area (Å²) in [6, 6.07) is 6.35. The van der Waals surface area contributed by atoms with Gasteiger partial charge in [-0.2, -0.15) is 0 Å². The number of aryl methyl sites for hydroxylation is 1. The third-order valence-corrected chi connectivity index (χ3v) is 4.96. The third kappa shape index (κ3) is 4.56. The van der Waals surface area contributed by atoms with Crippen LogP contribution in [0.15, 0.2) is 30.6 Å². The van der Waals surface area contributed by atoms with Crippen molar-refractivity contribution in [3.63, 3.8) is 0 Å². The molecule has 2 N–H and O–H groups in total. The van der Waals surface area contributed by atoms with Crippen molar-refractivity contribution in [1.82, 2.24) is 15.3 Å². The van der Waals surface area contributed by atoms with Crippen molar-refractivity contribution in [3.8, 4) is 0 Å². The van der Waals surface area contributed by atoms with Gasteiger partial charge in [0.2, 0.25) is 5.95 Å². The monoisotopic (exact) mass is 338 g/mol. The van der Waals surface area contributed by atoms with Crippen molar-refractivity contribution in [1.29, 1.82) is 0 Å². The molecule has 1 fully saturated rings. The second kappa shape index (κ2) is 8.10. The number of amides is 1. The zero-order valence-electron chi connectivity index (χ0n) is 15.0. The zero-order valence-corrected chi connectivity index (χ0v) is 15.0. The van der Waals surface area contributed by atoms with Crippen molar-refractivity contribution in [2.45, 2.75) is 58.4 Å². The molecule has 0 aliphatic heterocycles. The van der Waals surface area contributed by atoms with E-state index >= 15 is 0 Å². The van der Waals surface area contributed by atoms with E-state index in [-0.39, 0.29) is 11.9 Å². The molecule has 1 saturated carbocycles. The number of benzene rings is 1. The van der Waals surface area contributed by atoms with Crippen LogP contribution in [0.1, 0.15) is 60.0 Å². The molecule has 25 heavy (non-hydrogen) atoms. The van der Waals surface area contributed by atoms with E-state index in [1.807, 2.05) is 12.1 Å². The van der Waals surface area contributed by atoms with E-state index in [1.165, 1.54) is 36.8 Å². The predicted octanol–water partition coefficient (Wildman–Crippen LogP) is 4.29. The van der Waals surface area contributed by atoms with Crippen LogP contribution < -0.4 is 10.6 Å². The summed E-state index contributed by atoms with van der Waals surface area (Å²) in [5, 5.41) is 6.34. The molecule has 1 aliphatic rings. The van der Waals surface area contributed by atoms with Gasteiger partial charge in [0.15, 0.2) is 0 Å². The number of rotatable bonds is 4. The molecule has 1 amide bonds. The van der Waals surface area contributed by atoms with Gasteiger partial charge >= 0.3 is 0 Å². The molecule has 5 heteroatoms. The lowest BCUT2D eigenvalue weighted by atomic mass is 10.1. The summed E-state index contributed by atoms with van der Waals surface area (Å²) in [7, 11) is 0. The first-order chi connectivity index (χ1) is 12.1. The van der Waals surface area contributed by atoms with Crippen LogP contribution in [0.4, 0.5) is 11.6 Å². The van der Waals surface area contributed by atoms with Gasteiger partial charge in [0.25, 0.3) is 5.91 Å². The fourth-order valence-corrected chi connectivity index (χ4v) is 3.21. The largest absolute Gasteiger partial charge is 0.349 e. The molecular weight excluding hydrogens is 312 g/mol. The normalized spacial score (nSPS) is 15.4. The Hall–Kier alpha value is -2.43. The summed E-state index contributed by atoms with van der Waals surface area (Å²) in [5.74, 6) is 0.421. The zero-order chi connectivity index (χ0) is 17.6. The summed E-state index contributed by atoms with van der Waals surface area (Å²) in [5.41, 5.74) is 3.87. The van der Waals surface area contributed by atoms with Gasteiger partial charge in [0, 0.05) is 24.1 Å². The summed E-state index contributed by atoms with van der Waals surface area (Å²) < 4.78 is 0. The smallest absolute Gasteiger partial charge is 0.254 e. The first-order valence-electron chi connectivity index (χ1n) is 9.09. The maximum atomic E-state index is 12.4. The topological polar surface area (TPSA) is 66.9 Å². The van der Waals surface area contributed by atoms with E-state index in [0.717, 1.165) is 18.5 Å². The lowest BCUT2D eigenvalue weighted by molar-refractivity contribution is 0.0932. The van der Waals surface area contributed by atoms with Crippen molar-refractivity contribution in [2.24, 2.45) is 0 Å². The van der Waals surface area contributed by atoms with E-state index in [4.69, 9.17) is 0 Å². The second-order valence-corrected chi connectivity index (χ2v) is 6.83. The minimum Gasteiger partial charge on any atom is -0.349 e. The molecule has 0 spiro atoms. The number of nitrogens with one attached hydrogen (secondary N) is 2. The van der Waals surface area contributed by atoms with E-state index in [9.17, 15) is 4.79 Å². The Bertz CT molecular complexity index is 719. The second-order valence-electron chi connectivity index (χ2n) is 6.83. The number of carbonyl (C=O) groups excluding carboxylic acids is 1. The highest BCUT2D eigenvalue weighted by Crippen LogP contribution is 2.21.